The van der Waals surface area contributed by atoms with Gasteiger partial charge in [-0.25, -0.2) is 4.98 Å². The monoisotopic (exact) mass is 355 g/mol. The summed E-state index contributed by atoms with van der Waals surface area (Å²) in [7, 11) is 3.50. The summed E-state index contributed by atoms with van der Waals surface area (Å²) in [6, 6.07) is 7.59. The smallest absolute Gasteiger partial charge is 0.133 e. The Morgan fingerprint density at radius 1 is 1.40 bits per heavy atom. The van der Waals surface area contributed by atoms with Gasteiger partial charge in [-0.15, -0.1) is 0 Å². The Hall–Kier alpha value is -1.30. The number of benzene rings is 1. The molecule has 1 unspecified atom stereocenters. The number of hydrogen-bond donors (Lipinski definition) is 2. The summed E-state index contributed by atoms with van der Waals surface area (Å²) in [5.41, 5.74) is 7.83. The highest BCUT2D eigenvalue weighted by molar-refractivity contribution is 9.10. The number of pyridine rings is 1. The van der Waals surface area contributed by atoms with Crippen LogP contribution < -0.4 is 15.8 Å². The van der Waals surface area contributed by atoms with Crippen molar-refractivity contribution in [1.82, 2.24) is 10.3 Å². The molecule has 0 bridgehead atoms. The van der Waals surface area contributed by atoms with Crippen LogP contribution in [-0.4, -0.2) is 19.1 Å². The van der Waals surface area contributed by atoms with Gasteiger partial charge in [0.15, 0.2) is 0 Å². The Bertz CT molecular complexity index is 621. The second kappa shape index (κ2) is 6.43. The number of nitrogens with one attached hydrogen (secondary N) is 1. The van der Waals surface area contributed by atoms with E-state index >= 15 is 0 Å². The van der Waals surface area contributed by atoms with Gasteiger partial charge in [-0.2, -0.15) is 0 Å². The predicted octanol–water partition coefficient (Wildman–Crippen LogP) is 3.40. The Kier molecular flexibility index (Phi) is 4.86. The fourth-order valence-corrected chi connectivity index (χ4v) is 2.79. The summed E-state index contributed by atoms with van der Waals surface area (Å²) < 4.78 is 6.12. The molecule has 0 saturated heterocycles. The van der Waals surface area contributed by atoms with Crippen molar-refractivity contribution in [1.29, 1.82) is 0 Å². The summed E-state index contributed by atoms with van der Waals surface area (Å²) in [5.74, 6) is 1.24. The van der Waals surface area contributed by atoms with Crippen LogP contribution in [0, 0.1) is 0 Å². The quantitative estimate of drug-likeness (QED) is 0.881. The molecular formula is C14H15BrClN3O. The minimum atomic E-state index is -0.0941. The zero-order valence-corrected chi connectivity index (χ0v) is 13.5. The van der Waals surface area contributed by atoms with Crippen LogP contribution in [0.1, 0.15) is 17.2 Å². The van der Waals surface area contributed by atoms with E-state index in [1.165, 1.54) is 6.20 Å². The first-order valence-electron chi connectivity index (χ1n) is 5.98. The summed E-state index contributed by atoms with van der Waals surface area (Å²) in [6.45, 7) is 0. The van der Waals surface area contributed by atoms with Gasteiger partial charge in [-0.3, -0.25) is 0 Å². The number of nitrogens with zero attached hydrogens (tertiary/aromatic N) is 1. The van der Waals surface area contributed by atoms with Crippen molar-refractivity contribution in [3.05, 3.63) is 51.1 Å². The zero-order valence-electron chi connectivity index (χ0n) is 11.2. The molecule has 20 heavy (non-hydrogen) atoms. The number of aromatic nitrogens is 1. The van der Waals surface area contributed by atoms with Gasteiger partial charge in [0.1, 0.15) is 11.6 Å². The van der Waals surface area contributed by atoms with Crippen LogP contribution in [0.3, 0.4) is 0 Å². The lowest BCUT2D eigenvalue weighted by atomic mass is 9.99. The molecule has 1 aromatic carbocycles. The number of halogens is 2. The van der Waals surface area contributed by atoms with Gasteiger partial charge in [-0.05, 0) is 46.7 Å². The second-order valence-electron chi connectivity index (χ2n) is 4.24. The summed E-state index contributed by atoms with van der Waals surface area (Å²) >= 11 is 9.49. The van der Waals surface area contributed by atoms with E-state index in [9.17, 15) is 0 Å². The number of anilines is 1. The van der Waals surface area contributed by atoms with Crippen LogP contribution >= 0.6 is 27.5 Å². The maximum atomic E-state index is 6.01. The molecule has 0 amide bonds. The molecule has 1 heterocycles. The van der Waals surface area contributed by atoms with Gasteiger partial charge in [0.25, 0.3) is 0 Å². The number of nitrogen functional groups attached to an aromatic ring is 1. The van der Waals surface area contributed by atoms with Crippen molar-refractivity contribution < 1.29 is 4.74 Å². The minimum Gasteiger partial charge on any atom is -0.496 e. The van der Waals surface area contributed by atoms with Crippen LogP contribution in [0.5, 0.6) is 5.75 Å². The Balaban J connectivity index is 2.46. The third-order valence-electron chi connectivity index (χ3n) is 3.02. The van der Waals surface area contributed by atoms with Gasteiger partial charge in [-0.1, -0.05) is 17.7 Å². The molecule has 4 nitrogen and oxygen atoms in total. The van der Waals surface area contributed by atoms with Crippen molar-refractivity contribution in [3.8, 4) is 5.75 Å². The third kappa shape index (κ3) is 3.06. The highest BCUT2D eigenvalue weighted by Crippen LogP contribution is 2.32. The van der Waals surface area contributed by atoms with Crippen LogP contribution in [0.25, 0.3) is 0 Å². The fourth-order valence-electron chi connectivity index (χ4n) is 2.06. The third-order valence-corrected chi connectivity index (χ3v) is 3.85. The summed E-state index contributed by atoms with van der Waals surface area (Å²) in [6.07, 6.45) is 1.54. The Morgan fingerprint density at radius 2 is 2.15 bits per heavy atom. The lowest BCUT2D eigenvalue weighted by Crippen LogP contribution is -2.19. The van der Waals surface area contributed by atoms with E-state index in [4.69, 9.17) is 22.1 Å². The molecule has 0 aliphatic heterocycles. The highest BCUT2D eigenvalue weighted by Gasteiger charge is 2.17. The van der Waals surface area contributed by atoms with E-state index in [0.717, 1.165) is 21.3 Å². The number of methoxy groups -OCH3 is 1. The molecule has 0 aliphatic carbocycles. The van der Waals surface area contributed by atoms with E-state index in [1.807, 2.05) is 31.3 Å². The predicted molar refractivity (Wildman–Crippen MR) is 85.3 cm³/mol. The number of rotatable bonds is 4. The van der Waals surface area contributed by atoms with E-state index in [2.05, 4.69) is 26.2 Å². The zero-order chi connectivity index (χ0) is 14.7. The number of hydrogen-bond acceptors (Lipinski definition) is 4. The van der Waals surface area contributed by atoms with Gasteiger partial charge >= 0.3 is 0 Å². The van der Waals surface area contributed by atoms with E-state index in [-0.39, 0.29) is 6.04 Å². The largest absolute Gasteiger partial charge is 0.496 e. The molecule has 106 valence electrons. The molecule has 3 N–H and O–H groups in total. The van der Waals surface area contributed by atoms with E-state index < -0.39 is 0 Å². The van der Waals surface area contributed by atoms with Crippen LogP contribution in [0.4, 0.5) is 5.82 Å². The summed E-state index contributed by atoms with van der Waals surface area (Å²) in [4.78, 5) is 4.10. The normalized spacial score (nSPS) is 12.2. The van der Waals surface area contributed by atoms with Crippen LogP contribution in [-0.2, 0) is 0 Å². The molecule has 0 saturated carbocycles. The maximum Gasteiger partial charge on any atom is 0.133 e. The highest BCUT2D eigenvalue weighted by atomic mass is 79.9. The standard InChI is InChI=1S/C14H15BrClN3O/c1-18-13(10-6-9(16)7-19-14(10)17)8-3-4-12(20-2)11(15)5-8/h3-7,13,18H,1-2H3,(H2,17,19). The molecule has 2 rings (SSSR count). The van der Waals surface area contributed by atoms with Crippen molar-refractivity contribution in [2.45, 2.75) is 6.04 Å². The van der Waals surface area contributed by atoms with Gasteiger partial charge in [0.05, 0.1) is 22.6 Å². The number of ether oxygens (including phenoxy) is 1. The topological polar surface area (TPSA) is 60.2 Å². The van der Waals surface area contributed by atoms with E-state index in [0.29, 0.717) is 10.8 Å². The molecule has 6 heteroatoms. The van der Waals surface area contributed by atoms with Gasteiger partial charge in [0.2, 0.25) is 0 Å². The molecule has 2 aromatic rings. The lowest BCUT2D eigenvalue weighted by molar-refractivity contribution is 0.412. The molecule has 1 atom stereocenters. The second-order valence-corrected chi connectivity index (χ2v) is 5.53. The lowest BCUT2D eigenvalue weighted by Gasteiger charge is -2.19. The fraction of sp³-hybridized carbons (Fsp3) is 0.214. The summed E-state index contributed by atoms with van der Waals surface area (Å²) in [5, 5.41) is 3.78. The average molecular weight is 357 g/mol. The first-order chi connectivity index (χ1) is 9.56. The van der Waals surface area contributed by atoms with E-state index in [1.54, 1.807) is 7.11 Å². The molecular weight excluding hydrogens is 342 g/mol. The van der Waals surface area contributed by atoms with Crippen LogP contribution in [0.2, 0.25) is 5.02 Å². The molecule has 0 aliphatic rings. The van der Waals surface area contributed by atoms with Crippen LogP contribution in [0.15, 0.2) is 34.9 Å². The molecule has 0 fully saturated rings. The Labute approximate surface area is 131 Å². The van der Waals surface area contributed by atoms with Gasteiger partial charge in [0, 0.05) is 11.8 Å². The minimum absolute atomic E-state index is 0.0941. The molecule has 0 radical (unpaired) electrons. The first kappa shape index (κ1) is 15.1. The van der Waals surface area contributed by atoms with Crippen molar-refractivity contribution in [2.24, 2.45) is 0 Å². The van der Waals surface area contributed by atoms with Crippen molar-refractivity contribution in [2.75, 3.05) is 19.9 Å². The average Bonchev–Trinajstić information content (AvgIpc) is 2.44. The molecule has 0 spiro atoms. The van der Waals surface area contributed by atoms with Crippen molar-refractivity contribution >= 4 is 33.3 Å². The first-order valence-corrected chi connectivity index (χ1v) is 7.15. The van der Waals surface area contributed by atoms with Crippen molar-refractivity contribution in [3.63, 3.8) is 0 Å². The van der Waals surface area contributed by atoms with Gasteiger partial charge < -0.3 is 15.8 Å². The SMILES string of the molecule is CNC(c1ccc(OC)c(Br)c1)c1cc(Cl)cnc1N. The maximum absolute atomic E-state index is 6.01. The molecule has 1 aromatic heterocycles. The number of nitrogens with two attached hydrogens (primary N) is 1. The Morgan fingerprint density at radius 3 is 2.75 bits per heavy atom.